The maximum absolute atomic E-state index is 8.33. The van der Waals surface area contributed by atoms with E-state index >= 15 is 0 Å². The predicted octanol–water partition coefficient (Wildman–Crippen LogP) is 0.641. The molecule has 1 aliphatic rings. The summed E-state index contributed by atoms with van der Waals surface area (Å²) in [7, 11) is 0. The van der Waals surface area contributed by atoms with Crippen LogP contribution in [0.4, 0.5) is 0 Å². The molecule has 0 aromatic heterocycles. The topological polar surface area (TPSA) is 54.3 Å². The second-order valence-corrected chi connectivity index (χ2v) is 3.58. The molecule has 13 heavy (non-hydrogen) atoms. The molecule has 0 radical (unpaired) electrons. The molecule has 74 valence electrons. The van der Waals surface area contributed by atoms with E-state index in [4.69, 9.17) is 14.7 Å². The standard InChI is InChI=1S/C9H16N2O2/c1-9(2)12-6-8(7-13-9)11-5-3-4-10/h8,11H,3,5-7H2,1-2H3. The molecule has 0 unspecified atom stereocenters. The largest absolute Gasteiger partial charge is 0.349 e. The highest BCUT2D eigenvalue weighted by Gasteiger charge is 2.27. The zero-order valence-electron chi connectivity index (χ0n) is 8.17. The molecule has 0 aliphatic carbocycles. The van der Waals surface area contributed by atoms with Gasteiger partial charge in [-0.1, -0.05) is 0 Å². The van der Waals surface area contributed by atoms with Crippen LogP contribution in [0.15, 0.2) is 0 Å². The Morgan fingerprint density at radius 1 is 1.46 bits per heavy atom. The van der Waals surface area contributed by atoms with Gasteiger partial charge in [-0.25, -0.2) is 0 Å². The van der Waals surface area contributed by atoms with Crippen LogP contribution in [-0.4, -0.2) is 31.6 Å². The summed E-state index contributed by atoms with van der Waals surface area (Å²) in [5, 5.41) is 11.5. The summed E-state index contributed by atoms with van der Waals surface area (Å²) < 4.78 is 10.9. The molecule has 0 atom stereocenters. The number of rotatable bonds is 3. The molecule has 0 aromatic rings. The summed E-state index contributed by atoms with van der Waals surface area (Å²) in [6.45, 7) is 5.81. The number of hydrogen-bond acceptors (Lipinski definition) is 4. The van der Waals surface area contributed by atoms with Crippen LogP contribution in [0.5, 0.6) is 0 Å². The summed E-state index contributed by atoms with van der Waals surface area (Å²) >= 11 is 0. The number of nitriles is 1. The molecular formula is C9H16N2O2. The van der Waals surface area contributed by atoms with Gasteiger partial charge in [0, 0.05) is 13.0 Å². The van der Waals surface area contributed by atoms with E-state index in [-0.39, 0.29) is 6.04 Å². The van der Waals surface area contributed by atoms with Crippen molar-refractivity contribution >= 4 is 0 Å². The summed E-state index contributed by atoms with van der Waals surface area (Å²) in [5.74, 6) is -0.451. The van der Waals surface area contributed by atoms with Crippen LogP contribution < -0.4 is 5.32 Å². The molecule has 0 spiro atoms. The van der Waals surface area contributed by atoms with Crippen molar-refractivity contribution in [3.05, 3.63) is 0 Å². The van der Waals surface area contributed by atoms with Crippen molar-refractivity contribution in [3.63, 3.8) is 0 Å². The molecular weight excluding hydrogens is 168 g/mol. The molecule has 1 N–H and O–H groups in total. The van der Waals surface area contributed by atoms with Crippen LogP contribution in [0.25, 0.3) is 0 Å². The lowest BCUT2D eigenvalue weighted by molar-refractivity contribution is -0.252. The molecule has 1 saturated heterocycles. The minimum atomic E-state index is -0.451. The van der Waals surface area contributed by atoms with Gasteiger partial charge >= 0.3 is 0 Å². The molecule has 0 amide bonds. The average Bonchev–Trinajstić information content (AvgIpc) is 2.08. The number of nitrogens with zero attached hydrogens (tertiary/aromatic N) is 1. The molecule has 0 bridgehead atoms. The monoisotopic (exact) mass is 184 g/mol. The normalized spacial score (nSPS) is 22.5. The Balaban J connectivity index is 2.15. The number of nitrogens with one attached hydrogen (secondary N) is 1. The third-order valence-electron chi connectivity index (χ3n) is 1.93. The maximum atomic E-state index is 8.33. The fourth-order valence-corrected chi connectivity index (χ4v) is 1.14. The first-order valence-electron chi connectivity index (χ1n) is 4.52. The van der Waals surface area contributed by atoms with Crippen LogP contribution in [0.1, 0.15) is 20.3 Å². The summed E-state index contributed by atoms with van der Waals surface area (Å²) in [4.78, 5) is 0. The van der Waals surface area contributed by atoms with Crippen LogP contribution in [0.2, 0.25) is 0 Å². The van der Waals surface area contributed by atoms with Gasteiger partial charge in [0.25, 0.3) is 0 Å². The minimum Gasteiger partial charge on any atom is -0.349 e. The van der Waals surface area contributed by atoms with Crippen molar-refractivity contribution in [2.45, 2.75) is 32.1 Å². The van der Waals surface area contributed by atoms with E-state index in [1.165, 1.54) is 0 Å². The second kappa shape index (κ2) is 4.56. The fourth-order valence-electron chi connectivity index (χ4n) is 1.14. The predicted molar refractivity (Wildman–Crippen MR) is 48.0 cm³/mol. The van der Waals surface area contributed by atoms with Crippen LogP contribution in [0.3, 0.4) is 0 Å². The van der Waals surface area contributed by atoms with E-state index < -0.39 is 5.79 Å². The van der Waals surface area contributed by atoms with Gasteiger partial charge in [-0.2, -0.15) is 5.26 Å². The lowest BCUT2D eigenvalue weighted by atomic mass is 10.2. The Morgan fingerprint density at radius 3 is 2.62 bits per heavy atom. The molecule has 1 heterocycles. The van der Waals surface area contributed by atoms with Crippen molar-refractivity contribution in [2.24, 2.45) is 0 Å². The fraction of sp³-hybridized carbons (Fsp3) is 0.889. The third-order valence-corrected chi connectivity index (χ3v) is 1.93. The Hall–Kier alpha value is -0.630. The van der Waals surface area contributed by atoms with Gasteiger partial charge in [0.05, 0.1) is 25.3 Å². The van der Waals surface area contributed by atoms with Gasteiger partial charge in [0.15, 0.2) is 5.79 Å². The highest BCUT2D eigenvalue weighted by Crippen LogP contribution is 2.16. The Bertz CT molecular complexity index is 188. The van der Waals surface area contributed by atoms with E-state index in [2.05, 4.69) is 11.4 Å². The SMILES string of the molecule is CC1(C)OCC(NCCC#N)CO1. The van der Waals surface area contributed by atoms with Gasteiger partial charge in [-0.3, -0.25) is 0 Å². The van der Waals surface area contributed by atoms with E-state index in [1.807, 2.05) is 13.8 Å². The molecule has 1 rings (SSSR count). The maximum Gasteiger partial charge on any atom is 0.162 e. The number of hydrogen-bond donors (Lipinski definition) is 1. The van der Waals surface area contributed by atoms with E-state index in [9.17, 15) is 0 Å². The van der Waals surface area contributed by atoms with Gasteiger partial charge in [0.1, 0.15) is 0 Å². The lowest BCUT2D eigenvalue weighted by Gasteiger charge is -2.35. The molecule has 4 nitrogen and oxygen atoms in total. The van der Waals surface area contributed by atoms with Crippen molar-refractivity contribution in [1.82, 2.24) is 5.32 Å². The van der Waals surface area contributed by atoms with Gasteiger partial charge in [0.2, 0.25) is 0 Å². The van der Waals surface area contributed by atoms with Crippen molar-refractivity contribution < 1.29 is 9.47 Å². The zero-order chi connectivity index (χ0) is 9.73. The molecule has 0 aromatic carbocycles. The van der Waals surface area contributed by atoms with Crippen LogP contribution in [-0.2, 0) is 9.47 Å². The highest BCUT2D eigenvalue weighted by atomic mass is 16.7. The molecule has 1 fully saturated rings. The quantitative estimate of drug-likeness (QED) is 0.654. The van der Waals surface area contributed by atoms with Gasteiger partial charge in [-0.15, -0.1) is 0 Å². The average molecular weight is 184 g/mol. The van der Waals surface area contributed by atoms with Gasteiger partial charge < -0.3 is 14.8 Å². The van der Waals surface area contributed by atoms with E-state index in [0.29, 0.717) is 26.2 Å². The summed E-state index contributed by atoms with van der Waals surface area (Å²) in [6.07, 6.45) is 0.528. The Labute approximate surface area is 78.8 Å². The molecule has 0 saturated carbocycles. The van der Waals surface area contributed by atoms with Crippen LogP contribution in [0, 0.1) is 11.3 Å². The molecule has 4 heteroatoms. The van der Waals surface area contributed by atoms with Crippen molar-refractivity contribution in [1.29, 1.82) is 5.26 Å². The lowest BCUT2D eigenvalue weighted by Crippen LogP contribution is -2.48. The second-order valence-electron chi connectivity index (χ2n) is 3.58. The van der Waals surface area contributed by atoms with Crippen molar-refractivity contribution in [2.75, 3.05) is 19.8 Å². The van der Waals surface area contributed by atoms with E-state index in [1.54, 1.807) is 0 Å². The summed E-state index contributed by atoms with van der Waals surface area (Å²) in [6, 6.07) is 2.30. The Morgan fingerprint density at radius 2 is 2.08 bits per heavy atom. The first-order chi connectivity index (χ1) is 6.14. The van der Waals surface area contributed by atoms with E-state index in [0.717, 1.165) is 0 Å². The highest BCUT2D eigenvalue weighted by molar-refractivity contribution is 4.76. The van der Waals surface area contributed by atoms with Crippen molar-refractivity contribution in [3.8, 4) is 6.07 Å². The number of ether oxygens (including phenoxy) is 2. The Kier molecular flexibility index (Phi) is 3.67. The summed E-state index contributed by atoms with van der Waals surface area (Å²) in [5.41, 5.74) is 0. The molecule has 1 aliphatic heterocycles. The zero-order valence-corrected chi connectivity index (χ0v) is 8.17. The van der Waals surface area contributed by atoms with Gasteiger partial charge in [-0.05, 0) is 13.8 Å². The first-order valence-corrected chi connectivity index (χ1v) is 4.52. The first kappa shape index (κ1) is 10.5. The minimum absolute atomic E-state index is 0.223. The smallest absolute Gasteiger partial charge is 0.162 e. The van der Waals surface area contributed by atoms with Crippen LogP contribution >= 0.6 is 0 Å². The third kappa shape index (κ3) is 3.73.